The van der Waals surface area contributed by atoms with Crippen LogP contribution in [0.1, 0.15) is 12.8 Å². The smallest absolute Gasteiger partial charge is 0.245 e. The van der Waals surface area contributed by atoms with Crippen LogP contribution in [-0.2, 0) is 9.63 Å². The number of amides is 1. The van der Waals surface area contributed by atoms with E-state index in [1.165, 1.54) is 5.69 Å². The fourth-order valence-electron chi connectivity index (χ4n) is 2.04. The first-order valence-electron chi connectivity index (χ1n) is 6.06. The molecule has 1 aliphatic rings. The van der Waals surface area contributed by atoms with E-state index in [0.29, 0.717) is 0 Å². The van der Waals surface area contributed by atoms with Gasteiger partial charge in [-0.2, -0.15) is 5.48 Å². The highest BCUT2D eigenvalue weighted by Crippen LogP contribution is 2.18. The second kappa shape index (κ2) is 6.32. The highest BCUT2D eigenvalue weighted by Gasteiger charge is 2.19. The maximum absolute atomic E-state index is 10.5. The lowest BCUT2D eigenvalue weighted by atomic mass is 10.1. The van der Waals surface area contributed by atoms with Gasteiger partial charge in [-0.1, -0.05) is 0 Å². The zero-order valence-corrected chi connectivity index (χ0v) is 10.2. The van der Waals surface area contributed by atoms with Gasteiger partial charge in [-0.15, -0.1) is 0 Å². The summed E-state index contributed by atoms with van der Waals surface area (Å²) < 4.78 is 0. The Morgan fingerprint density at radius 1 is 1.44 bits per heavy atom. The first kappa shape index (κ1) is 12.8. The van der Waals surface area contributed by atoms with Crippen LogP contribution in [0.5, 0.6) is 0 Å². The van der Waals surface area contributed by atoms with E-state index in [4.69, 9.17) is 10.6 Å². The van der Waals surface area contributed by atoms with Crippen molar-refractivity contribution in [3.8, 4) is 0 Å². The van der Waals surface area contributed by atoms with Crippen LogP contribution in [0, 0.1) is 0 Å². The molecule has 0 aromatic carbocycles. The van der Waals surface area contributed by atoms with Gasteiger partial charge in [0, 0.05) is 37.2 Å². The van der Waals surface area contributed by atoms with Crippen molar-refractivity contribution in [2.75, 3.05) is 24.6 Å². The molecule has 1 aromatic heterocycles. The van der Waals surface area contributed by atoms with Crippen LogP contribution in [0.15, 0.2) is 24.5 Å². The van der Waals surface area contributed by atoms with Gasteiger partial charge in [0.1, 0.15) is 6.61 Å². The number of carbonyl (C=O) groups excluding carboxylic acids is 1. The summed E-state index contributed by atoms with van der Waals surface area (Å²) >= 11 is 0. The molecule has 6 heteroatoms. The minimum Gasteiger partial charge on any atom is -0.371 e. The fourth-order valence-corrected chi connectivity index (χ4v) is 2.04. The third-order valence-electron chi connectivity index (χ3n) is 2.99. The number of piperidine rings is 1. The molecular formula is C12H18N4O2. The van der Waals surface area contributed by atoms with E-state index in [1.54, 1.807) is 12.4 Å². The fraction of sp³-hybridized carbons (Fsp3) is 0.500. The summed E-state index contributed by atoms with van der Waals surface area (Å²) in [5, 5.41) is 0. The number of pyridine rings is 1. The molecule has 0 saturated carbocycles. The van der Waals surface area contributed by atoms with Gasteiger partial charge in [0.05, 0.1) is 0 Å². The van der Waals surface area contributed by atoms with Crippen LogP contribution in [0.2, 0.25) is 0 Å². The summed E-state index contributed by atoms with van der Waals surface area (Å²) in [6, 6.07) is 4.30. The van der Waals surface area contributed by atoms with Crippen LogP contribution in [0.3, 0.4) is 0 Å². The molecule has 1 fully saturated rings. The molecule has 1 aromatic rings. The van der Waals surface area contributed by atoms with Crippen LogP contribution in [0.4, 0.5) is 5.69 Å². The van der Waals surface area contributed by atoms with Crippen LogP contribution in [-0.4, -0.2) is 36.6 Å². The van der Waals surface area contributed by atoms with Crippen molar-refractivity contribution >= 4 is 11.6 Å². The largest absolute Gasteiger partial charge is 0.371 e. The number of anilines is 1. The highest BCUT2D eigenvalue weighted by atomic mass is 16.6. The van der Waals surface area contributed by atoms with Gasteiger partial charge in [-0.25, -0.2) is 0 Å². The van der Waals surface area contributed by atoms with E-state index in [0.717, 1.165) is 25.9 Å². The number of nitrogens with one attached hydrogen (secondary N) is 1. The molecule has 18 heavy (non-hydrogen) atoms. The highest BCUT2D eigenvalue weighted by molar-refractivity contribution is 5.74. The quantitative estimate of drug-likeness (QED) is 0.722. The number of hydroxylamine groups is 1. The summed E-state index contributed by atoms with van der Waals surface area (Å²) in [5.74, 6) is -0.461. The first-order chi connectivity index (χ1) is 8.75. The van der Waals surface area contributed by atoms with Gasteiger partial charge < -0.3 is 10.6 Å². The zero-order valence-electron chi connectivity index (χ0n) is 10.2. The molecule has 0 bridgehead atoms. The van der Waals surface area contributed by atoms with E-state index < -0.39 is 5.91 Å². The Bertz CT molecular complexity index is 377. The Labute approximate surface area is 106 Å². The SMILES string of the molecule is NC(=O)CONC1CCN(c2ccncc2)CC1. The molecule has 1 saturated heterocycles. The average Bonchev–Trinajstić information content (AvgIpc) is 2.40. The number of carbonyl (C=O) groups is 1. The Balaban J connectivity index is 1.73. The van der Waals surface area contributed by atoms with Gasteiger partial charge >= 0.3 is 0 Å². The first-order valence-corrected chi connectivity index (χ1v) is 6.06. The number of rotatable bonds is 5. The standard InChI is InChI=1S/C12H18N4O2/c13-12(17)9-18-15-10-3-7-16(8-4-10)11-1-5-14-6-2-11/h1-2,5-6,10,15H,3-4,7-9H2,(H2,13,17). The molecule has 0 unspecified atom stereocenters. The number of hydrogen-bond acceptors (Lipinski definition) is 5. The van der Waals surface area contributed by atoms with Crippen molar-refractivity contribution in [1.29, 1.82) is 0 Å². The third kappa shape index (κ3) is 3.68. The summed E-state index contributed by atoms with van der Waals surface area (Å²) in [7, 11) is 0. The zero-order chi connectivity index (χ0) is 12.8. The Kier molecular flexibility index (Phi) is 4.49. The molecule has 0 radical (unpaired) electrons. The lowest BCUT2D eigenvalue weighted by Crippen LogP contribution is -2.43. The summed E-state index contributed by atoms with van der Waals surface area (Å²) in [5.41, 5.74) is 9.07. The van der Waals surface area contributed by atoms with Crippen molar-refractivity contribution in [2.45, 2.75) is 18.9 Å². The van der Waals surface area contributed by atoms with Crippen molar-refractivity contribution in [1.82, 2.24) is 10.5 Å². The van der Waals surface area contributed by atoms with Gasteiger partial charge in [0.2, 0.25) is 5.91 Å². The van der Waals surface area contributed by atoms with Crippen molar-refractivity contribution in [2.24, 2.45) is 5.73 Å². The number of aromatic nitrogens is 1. The monoisotopic (exact) mass is 250 g/mol. The maximum atomic E-state index is 10.5. The molecule has 2 heterocycles. The summed E-state index contributed by atoms with van der Waals surface area (Å²) in [6.07, 6.45) is 5.55. The maximum Gasteiger partial charge on any atom is 0.245 e. The normalized spacial score (nSPS) is 16.8. The molecule has 0 atom stereocenters. The van der Waals surface area contributed by atoms with E-state index in [9.17, 15) is 4.79 Å². The Morgan fingerprint density at radius 3 is 2.72 bits per heavy atom. The second-order valence-corrected chi connectivity index (χ2v) is 4.34. The molecule has 6 nitrogen and oxygen atoms in total. The predicted molar refractivity (Wildman–Crippen MR) is 67.8 cm³/mol. The minimum absolute atomic E-state index is 0.0788. The van der Waals surface area contributed by atoms with Crippen molar-refractivity contribution in [3.63, 3.8) is 0 Å². The van der Waals surface area contributed by atoms with Crippen LogP contribution < -0.4 is 16.1 Å². The molecule has 1 amide bonds. The second-order valence-electron chi connectivity index (χ2n) is 4.34. The molecule has 1 aliphatic heterocycles. The van der Waals surface area contributed by atoms with E-state index >= 15 is 0 Å². The lowest BCUT2D eigenvalue weighted by molar-refractivity contribution is -0.126. The number of nitrogens with two attached hydrogens (primary N) is 1. The number of hydrogen-bond donors (Lipinski definition) is 2. The molecule has 98 valence electrons. The molecule has 0 spiro atoms. The van der Waals surface area contributed by atoms with E-state index in [-0.39, 0.29) is 12.6 Å². The van der Waals surface area contributed by atoms with Gasteiger partial charge in [0.25, 0.3) is 0 Å². The Hall–Kier alpha value is -1.66. The van der Waals surface area contributed by atoms with Gasteiger partial charge in [0.15, 0.2) is 0 Å². The minimum atomic E-state index is -0.461. The number of nitrogens with zero attached hydrogens (tertiary/aromatic N) is 2. The van der Waals surface area contributed by atoms with Crippen LogP contribution >= 0.6 is 0 Å². The summed E-state index contributed by atoms with van der Waals surface area (Å²) in [4.78, 5) is 21.9. The molecule has 2 rings (SSSR count). The molecular weight excluding hydrogens is 232 g/mol. The average molecular weight is 250 g/mol. The third-order valence-corrected chi connectivity index (χ3v) is 2.99. The Morgan fingerprint density at radius 2 is 2.11 bits per heavy atom. The predicted octanol–water partition coefficient (Wildman–Crippen LogP) is 0.0569. The van der Waals surface area contributed by atoms with Gasteiger partial charge in [-0.05, 0) is 25.0 Å². The van der Waals surface area contributed by atoms with Gasteiger partial charge in [-0.3, -0.25) is 14.6 Å². The molecule has 0 aliphatic carbocycles. The lowest BCUT2D eigenvalue weighted by Gasteiger charge is -2.33. The summed E-state index contributed by atoms with van der Waals surface area (Å²) in [6.45, 7) is 1.84. The van der Waals surface area contributed by atoms with Crippen molar-refractivity contribution < 1.29 is 9.63 Å². The molecule has 3 N–H and O–H groups in total. The number of primary amides is 1. The van der Waals surface area contributed by atoms with E-state index in [2.05, 4.69) is 15.4 Å². The van der Waals surface area contributed by atoms with E-state index in [1.807, 2.05) is 12.1 Å². The topological polar surface area (TPSA) is 80.5 Å². The van der Waals surface area contributed by atoms with Crippen molar-refractivity contribution in [3.05, 3.63) is 24.5 Å². The van der Waals surface area contributed by atoms with Crippen LogP contribution in [0.25, 0.3) is 0 Å².